The molecule has 2 N–H and O–H groups in total. The molecule has 2 aromatic rings. The van der Waals surface area contributed by atoms with Crippen molar-refractivity contribution in [3.63, 3.8) is 0 Å². The molecule has 1 amide bonds. The van der Waals surface area contributed by atoms with Crippen molar-refractivity contribution in [1.29, 1.82) is 0 Å². The third-order valence-corrected chi connectivity index (χ3v) is 9.56. The van der Waals surface area contributed by atoms with Crippen LogP contribution in [0.4, 0.5) is 11.6 Å². The second-order valence-electron chi connectivity index (χ2n) is 11.0. The average molecular weight is 509 g/mol. The first-order valence-electron chi connectivity index (χ1n) is 13.5. The molecule has 194 valence electrons. The van der Waals surface area contributed by atoms with Crippen LogP contribution in [-0.4, -0.2) is 57.4 Å². The maximum atomic E-state index is 12.9. The highest BCUT2D eigenvalue weighted by Crippen LogP contribution is 2.37. The normalized spacial score (nSPS) is 24.1. The van der Waals surface area contributed by atoms with Gasteiger partial charge in [-0.1, -0.05) is 31.7 Å². The molecule has 8 heteroatoms. The topological polar surface area (TPSA) is 76.6 Å². The number of amidine groups is 1. The molecule has 0 bridgehead atoms. The first-order chi connectivity index (χ1) is 17.3. The van der Waals surface area contributed by atoms with Crippen molar-refractivity contribution in [2.75, 3.05) is 30.8 Å². The summed E-state index contributed by atoms with van der Waals surface area (Å²) in [6.45, 7) is 8.58. The van der Waals surface area contributed by atoms with Crippen LogP contribution in [0.2, 0.25) is 0 Å². The Kier molecular flexibility index (Phi) is 7.45. The molecule has 2 aliphatic heterocycles. The number of imidazole rings is 1. The predicted molar refractivity (Wildman–Crippen MR) is 149 cm³/mol. The van der Waals surface area contributed by atoms with Crippen molar-refractivity contribution in [2.45, 2.75) is 71.3 Å². The van der Waals surface area contributed by atoms with Gasteiger partial charge in [0.05, 0.1) is 0 Å². The number of aryl methyl sites for hydroxylation is 2. The van der Waals surface area contributed by atoms with Gasteiger partial charge in [0.25, 0.3) is 5.91 Å². The lowest BCUT2D eigenvalue weighted by Crippen LogP contribution is -2.47. The van der Waals surface area contributed by atoms with Crippen LogP contribution in [0, 0.1) is 25.7 Å². The van der Waals surface area contributed by atoms with E-state index >= 15 is 0 Å². The number of piperidine rings is 1. The molecule has 0 atom stereocenters. The van der Waals surface area contributed by atoms with E-state index in [1.54, 1.807) is 6.20 Å². The molecule has 0 radical (unpaired) electrons. The smallest absolute Gasteiger partial charge is 0.253 e. The lowest BCUT2D eigenvalue weighted by Gasteiger charge is -2.34. The number of aromatic amines is 1. The SMILES string of the molecule is Cc1cc(N(C)c2ncc[nH]2)cc(C)c1CCSN1CCC2(CC1)N=C(C1CCC(C)CC1)NC2=O. The zero-order valence-electron chi connectivity index (χ0n) is 22.1. The van der Waals surface area contributed by atoms with Crippen LogP contribution in [0.15, 0.2) is 29.5 Å². The summed E-state index contributed by atoms with van der Waals surface area (Å²) >= 11 is 1.92. The highest BCUT2D eigenvalue weighted by atomic mass is 32.2. The monoisotopic (exact) mass is 508 g/mol. The number of carbonyl (C=O) groups is 1. The standard InChI is InChI=1S/C28H40N6OS/c1-19-5-7-22(8-6-19)25-31-26(35)28(32-25)10-14-34(15-11-28)36-16-9-24-20(2)17-23(18-21(24)3)33(4)27-29-12-13-30-27/h12-13,17-19,22H,5-11,14-16H2,1-4H3,(H,29,30)(H,31,32,35). The number of amides is 1. The Hall–Kier alpha value is -2.32. The molecule has 3 aliphatic rings. The minimum absolute atomic E-state index is 0.145. The van der Waals surface area contributed by atoms with E-state index in [1.807, 2.05) is 25.2 Å². The van der Waals surface area contributed by atoms with Crippen molar-refractivity contribution >= 4 is 35.3 Å². The fraction of sp³-hybridized carbons (Fsp3) is 0.607. The van der Waals surface area contributed by atoms with E-state index < -0.39 is 5.54 Å². The maximum absolute atomic E-state index is 12.9. The van der Waals surface area contributed by atoms with Crippen LogP contribution in [0.25, 0.3) is 0 Å². The van der Waals surface area contributed by atoms with Gasteiger partial charge in [-0.25, -0.2) is 4.98 Å². The van der Waals surface area contributed by atoms with Gasteiger partial charge in [0, 0.05) is 49.9 Å². The number of hydrogen-bond donors (Lipinski definition) is 2. The highest BCUT2D eigenvalue weighted by molar-refractivity contribution is 7.97. The quantitative estimate of drug-likeness (QED) is 0.505. The number of nitrogens with zero attached hydrogens (tertiary/aromatic N) is 4. The van der Waals surface area contributed by atoms with Gasteiger partial charge in [0.15, 0.2) is 0 Å². The first-order valence-corrected chi connectivity index (χ1v) is 14.4. The molecule has 1 aromatic carbocycles. The molecule has 1 aromatic heterocycles. The van der Waals surface area contributed by atoms with Crippen molar-refractivity contribution in [1.82, 2.24) is 19.6 Å². The Labute approximate surface area is 219 Å². The molecule has 7 nitrogen and oxygen atoms in total. The summed E-state index contributed by atoms with van der Waals surface area (Å²) in [5.41, 5.74) is 4.71. The van der Waals surface area contributed by atoms with Gasteiger partial charge < -0.3 is 15.2 Å². The average Bonchev–Trinajstić information content (AvgIpc) is 3.51. The van der Waals surface area contributed by atoms with Crippen molar-refractivity contribution in [3.8, 4) is 0 Å². The van der Waals surface area contributed by atoms with Gasteiger partial charge in [0.1, 0.15) is 11.4 Å². The van der Waals surface area contributed by atoms with Gasteiger partial charge in [-0.05, 0) is 80.7 Å². The third kappa shape index (κ3) is 5.21. The summed E-state index contributed by atoms with van der Waals surface area (Å²) < 4.78 is 2.44. The van der Waals surface area contributed by atoms with E-state index in [1.165, 1.54) is 29.5 Å². The summed E-state index contributed by atoms with van der Waals surface area (Å²) in [7, 11) is 2.04. The van der Waals surface area contributed by atoms with Crippen LogP contribution in [0.3, 0.4) is 0 Å². The number of rotatable bonds is 7. The van der Waals surface area contributed by atoms with Gasteiger partial charge in [-0.2, -0.15) is 0 Å². The Morgan fingerprint density at radius 3 is 2.47 bits per heavy atom. The summed E-state index contributed by atoms with van der Waals surface area (Å²) in [6.07, 6.45) is 11.1. The third-order valence-electron chi connectivity index (χ3n) is 8.45. The second kappa shape index (κ2) is 10.6. The zero-order chi connectivity index (χ0) is 25.3. The molecular weight excluding hydrogens is 468 g/mol. The second-order valence-corrected chi connectivity index (χ2v) is 12.2. The molecular formula is C28H40N6OS. The number of hydrogen-bond acceptors (Lipinski definition) is 6. The molecule has 1 spiro atoms. The molecule has 0 unspecified atom stereocenters. The number of aromatic nitrogens is 2. The minimum Gasteiger partial charge on any atom is -0.331 e. The van der Waals surface area contributed by atoms with E-state index in [2.05, 4.69) is 57.4 Å². The van der Waals surface area contributed by atoms with Gasteiger partial charge in [-0.15, -0.1) is 0 Å². The lowest BCUT2D eigenvalue weighted by atomic mass is 9.82. The molecule has 1 saturated heterocycles. The Morgan fingerprint density at radius 1 is 1.14 bits per heavy atom. The van der Waals surface area contributed by atoms with Crippen LogP contribution in [-0.2, 0) is 11.2 Å². The van der Waals surface area contributed by atoms with Crippen LogP contribution < -0.4 is 10.2 Å². The molecule has 1 saturated carbocycles. The molecule has 1 aliphatic carbocycles. The number of H-pyrrole nitrogens is 1. The highest BCUT2D eigenvalue weighted by Gasteiger charge is 2.47. The van der Waals surface area contributed by atoms with E-state index in [-0.39, 0.29) is 5.91 Å². The number of nitrogens with one attached hydrogen (secondary N) is 2. The van der Waals surface area contributed by atoms with Gasteiger partial charge in [-0.3, -0.25) is 14.1 Å². The largest absolute Gasteiger partial charge is 0.331 e. The van der Waals surface area contributed by atoms with E-state index in [4.69, 9.17) is 4.99 Å². The van der Waals surface area contributed by atoms with Gasteiger partial charge >= 0.3 is 0 Å². The zero-order valence-corrected chi connectivity index (χ0v) is 23.0. The number of aliphatic imine (C=N–C) groups is 1. The predicted octanol–water partition coefficient (Wildman–Crippen LogP) is 5.17. The minimum atomic E-state index is -0.515. The van der Waals surface area contributed by atoms with Crippen LogP contribution in [0.1, 0.15) is 62.1 Å². The number of benzene rings is 1. The Morgan fingerprint density at radius 2 is 1.83 bits per heavy atom. The van der Waals surface area contributed by atoms with E-state index in [0.29, 0.717) is 5.92 Å². The molecule has 36 heavy (non-hydrogen) atoms. The van der Waals surface area contributed by atoms with Crippen LogP contribution >= 0.6 is 11.9 Å². The van der Waals surface area contributed by atoms with Crippen molar-refractivity contribution < 1.29 is 4.79 Å². The molecule has 3 heterocycles. The lowest BCUT2D eigenvalue weighted by molar-refractivity contribution is -0.124. The van der Waals surface area contributed by atoms with Crippen molar-refractivity contribution in [2.24, 2.45) is 16.8 Å². The van der Waals surface area contributed by atoms with Gasteiger partial charge in [0.2, 0.25) is 5.95 Å². The van der Waals surface area contributed by atoms with E-state index in [0.717, 1.165) is 74.3 Å². The number of carbonyl (C=O) groups excluding carboxylic acids is 1. The first kappa shape index (κ1) is 25.3. The maximum Gasteiger partial charge on any atom is 0.253 e. The summed E-state index contributed by atoms with van der Waals surface area (Å²) in [5, 5.41) is 3.19. The van der Waals surface area contributed by atoms with Crippen molar-refractivity contribution in [3.05, 3.63) is 41.2 Å². The van der Waals surface area contributed by atoms with E-state index in [9.17, 15) is 4.79 Å². The Bertz CT molecular complexity index is 1070. The Balaban J connectivity index is 1.13. The fourth-order valence-corrected chi connectivity index (χ4v) is 6.99. The van der Waals surface area contributed by atoms with Crippen LogP contribution in [0.5, 0.6) is 0 Å². The summed E-state index contributed by atoms with van der Waals surface area (Å²) in [5.74, 6) is 4.28. The summed E-state index contributed by atoms with van der Waals surface area (Å²) in [4.78, 5) is 27.6. The molecule has 2 fully saturated rings. The molecule has 5 rings (SSSR count). The number of anilines is 2. The summed E-state index contributed by atoms with van der Waals surface area (Å²) in [6, 6.07) is 4.50. The fourth-order valence-electron chi connectivity index (χ4n) is 5.99.